The molecule has 1 unspecified atom stereocenters. The van der Waals surface area contributed by atoms with Gasteiger partial charge in [0, 0.05) is 42.4 Å². The molecule has 1 fully saturated rings. The van der Waals surface area contributed by atoms with Crippen molar-refractivity contribution in [2.45, 2.75) is 6.04 Å². The second-order valence-corrected chi connectivity index (χ2v) is 5.75. The highest BCUT2D eigenvalue weighted by molar-refractivity contribution is 9.10. The summed E-state index contributed by atoms with van der Waals surface area (Å²) in [4.78, 5) is 4.69. The molecule has 1 heterocycles. The first-order valence-corrected chi connectivity index (χ1v) is 6.83. The Labute approximate surface area is 112 Å². The van der Waals surface area contributed by atoms with Gasteiger partial charge in [-0.2, -0.15) is 0 Å². The van der Waals surface area contributed by atoms with Crippen LogP contribution in [0.1, 0.15) is 0 Å². The van der Waals surface area contributed by atoms with Crippen molar-refractivity contribution in [2.75, 3.05) is 45.2 Å². The average Bonchev–Trinajstić information content (AvgIpc) is 2.28. The van der Waals surface area contributed by atoms with Crippen LogP contribution < -0.4 is 10.2 Å². The van der Waals surface area contributed by atoms with Crippen LogP contribution in [0.4, 0.5) is 5.69 Å². The molecule has 0 bridgehead atoms. The highest BCUT2D eigenvalue weighted by atomic mass is 79.9. The molecule has 2 rings (SSSR count). The molecule has 4 heteroatoms. The van der Waals surface area contributed by atoms with Crippen molar-refractivity contribution < 1.29 is 0 Å². The zero-order valence-corrected chi connectivity index (χ0v) is 12.1. The van der Waals surface area contributed by atoms with Crippen LogP contribution in [0.5, 0.6) is 0 Å². The van der Waals surface area contributed by atoms with E-state index in [-0.39, 0.29) is 0 Å². The lowest BCUT2D eigenvalue weighted by atomic mass is 10.1. The van der Waals surface area contributed by atoms with Crippen LogP contribution >= 0.6 is 15.9 Å². The monoisotopic (exact) mass is 297 g/mol. The molecule has 0 spiro atoms. The van der Waals surface area contributed by atoms with Gasteiger partial charge in [-0.1, -0.05) is 22.0 Å². The second kappa shape index (κ2) is 5.85. The van der Waals surface area contributed by atoms with Gasteiger partial charge in [-0.3, -0.25) is 0 Å². The number of nitrogens with zero attached hydrogens (tertiary/aromatic N) is 2. The van der Waals surface area contributed by atoms with Crippen LogP contribution in [-0.4, -0.2) is 51.2 Å². The second-order valence-electron chi connectivity index (χ2n) is 4.84. The number of benzene rings is 1. The van der Waals surface area contributed by atoms with Crippen molar-refractivity contribution in [3.05, 3.63) is 28.7 Å². The summed E-state index contributed by atoms with van der Waals surface area (Å²) in [5, 5.41) is 3.57. The maximum absolute atomic E-state index is 3.57. The third-order valence-electron chi connectivity index (χ3n) is 3.01. The SMILES string of the molecule is CN(C)CC1CN(c2cccc(Br)c2)CCN1. The van der Waals surface area contributed by atoms with E-state index in [1.54, 1.807) is 0 Å². The van der Waals surface area contributed by atoms with E-state index in [1.165, 1.54) is 5.69 Å². The van der Waals surface area contributed by atoms with Gasteiger partial charge >= 0.3 is 0 Å². The Kier molecular flexibility index (Phi) is 4.42. The minimum Gasteiger partial charge on any atom is -0.369 e. The van der Waals surface area contributed by atoms with Crippen LogP contribution in [0, 0.1) is 0 Å². The fourth-order valence-corrected chi connectivity index (χ4v) is 2.68. The first kappa shape index (κ1) is 12.9. The molecule has 1 atom stereocenters. The third kappa shape index (κ3) is 3.69. The van der Waals surface area contributed by atoms with Gasteiger partial charge in [-0.25, -0.2) is 0 Å². The van der Waals surface area contributed by atoms with Crippen LogP contribution in [0.25, 0.3) is 0 Å². The lowest BCUT2D eigenvalue weighted by molar-refractivity contribution is 0.323. The van der Waals surface area contributed by atoms with E-state index in [1.807, 2.05) is 0 Å². The Hall–Kier alpha value is -0.580. The molecular formula is C13H20BrN3. The van der Waals surface area contributed by atoms with E-state index >= 15 is 0 Å². The quantitative estimate of drug-likeness (QED) is 0.918. The van der Waals surface area contributed by atoms with Crippen molar-refractivity contribution in [3.63, 3.8) is 0 Å². The summed E-state index contributed by atoms with van der Waals surface area (Å²) in [6.07, 6.45) is 0. The number of piperazine rings is 1. The fraction of sp³-hybridized carbons (Fsp3) is 0.538. The molecule has 3 nitrogen and oxygen atoms in total. The number of anilines is 1. The molecule has 1 aromatic carbocycles. The normalized spacial score (nSPS) is 20.9. The minimum atomic E-state index is 0.553. The molecule has 1 aliphatic rings. The zero-order valence-electron chi connectivity index (χ0n) is 10.5. The van der Waals surface area contributed by atoms with Gasteiger partial charge in [0.2, 0.25) is 0 Å². The summed E-state index contributed by atoms with van der Waals surface area (Å²) < 4.78 is 1.15. The Balaban J connectivity index is 2.02. The number of hydrogen-bond acceptors (Lipinski definition) is 3. The molecule has 1 N–H and O–H groups in total. The molecule has 0 saturated carbocycles. The fourth-order valence-electron chi connectivity index (χ4n) is 2.30. The summed E-state index contributed by atoms with van der Waals surface area (Å²) in [5.74, 6) is 0. The molecule has 94 valence electrons. The molecular weight excluding hydrogens is 278 g/mol. The Bertz CT molecular complexity index is 367. The van der Waals surface area contributed by atoms with Gasteiger partial charge in [-0.15, -0.1) is 0 Å². The molecule has 0 amide bonds. The average molecular weight is 298 g/mol. The molecule has 1 aliphatic heterocycles. The number of likely N-dealkylation sites (N-methyl/N-ethyl adjacent to an activating group) is 1. The first-order chi connectivity index (χ1) is 8.15. The minimum absolute atomic E-state index is 0.553. The molecule has 1 saturated heterocycles. The molecule has 17 heavy (non-hydrogen) atoms. The highest BCUT2D eigenvalue weighted by Crippen LogP contribution is 2.20. The number of rotatable bonds is 3. The zero-order chi connectivity index (χ0) is 12.3. The smallest absolute Gasteiger partial charge is 0.0378 e. The predicted octanol–water partition coefficient (Wildman–Crippen LogP) is 1.79. The van der Waals surface area contributed by atoms with Gasteiger partial charge in [0.1, 0.15) is 0 Å². The highest BCUT2D eigenvalue weighted by Gasteiger charge is 2.19. The van der Waals surface area contributed by atoms with Crippen molar-refractivity contribution in [1.82, 2.24) is 10.2 Å². The Morgan fingerprint density at radius 2 is 2.29 bits per heavy atom. The Morgan fingerprint density at radius 3 is 3.00 bits per heavy atom. The van der Waals surface area contributed by atoms with E-state index in [0.717, 1.165) is 30.7 Å². The number of nitrogens with one attached hydrogen (secondary N) is 1. The molecule has 0 aliphatic carbocycles. The predicted molar refractivity (Wildman–Crippen MR) is 76.7 cm³/mol. The lowest BCUT2D eigenvalue weighted by Gasteiger charge is -2.36. The van der Waals surface area contributed by atoms with Crippen LogP contribution in [0.2, 0.25) is 0 Å². The summed E-state index contributed by atoms with van der Waals surface area (Å²) in [5.41, 5.74) is 1.31. The maximum atomic E-state index is 3.57. The summed E-state index contributed by atoms with van der Waals surface area (Å²) in [6.45, 7) is 4.31. The van der Waals surface area contributed by atoms with Crippen LogP contribution in [-0.2, 0) is 0 Å². The Morgan fingerprint density at radius 1 is 1.47 bits per heavy atom. The summed E-state index contributed by atoms with van der Waals surface area (Å²) in [7, 11) is 4.25. The van der Waals surface area contributed by atoms with Crippen LogP contribution in [0.15, 0.2) is 28.7 Å². The summed E-state index contributed by atoms with van der Waals surface area (Å²) in [6, 6.07) is 9.10. The van der Waals surface area contributed by atoms with Gasteiger partial charge in [-0.05, 0) is 32.3 Å². The number of hydrogen-bond donors (Lipinski definition) is 1. The van der Waals surface area contributed by atoms with E-state index in [0.29, 0.717) is 6.04 Å². The van der Waals surface area contributed by atoms with Crippen molar-refractivity contribution in [3.8, 4) is 0 Å². The maximum Gasteiger partial charge on any atom is 0.0378 e. The van der Waals surface area contributed by atoms with Gasteiger partial charge in [0.05, 0.1) is 0 Å². The van der Waals surface area contributed by atoms with Gasteiger partial charge < -0.3 is 15.1 Å². The third-order valence-corrected chi connectivity index (χ3v) is 3.51. The van der Waals surface area contributed by atoms with Gasteiger partial charge in [0.15, 0.2) is 0 Å². The topological polar surface area (TPSA) is 18.5 Å². The standard InChI is InChI=1S/C13H20BrN3/c1-16(2)9-12-10-17(7-6-15-12)13-5-3-4-11(14)8-13/h3-5,8,12,15H,6-7,9-10H2,1-2H3. The van der Waals surface area contributed by atoms with Crippen molar-refractivity contribution in [1.29, 1.82) is 0 Å². The first-order valence-electron chi connectivity index (χ1n) is 6.04. The van der Waals surface area contributed by atoms with E-state index < -0.39 is 0 Å². The van der Waals surface area contributed by atoms with Gasteiger partial charge in [0.25, 0.3) is 0 Å². The van der Waals surface area contributed by atoms with E-state index in [4.69, 9.17) is 0 Å². The van der Waals surface area contributed by atoms with Crippen molar-refractivity contribution in [2.24, 2.45) is 0 Å². The van der Waals surface area contributed by atoms with E-state index in [9.17, 15) is 0 Å². The molecule has 0 radical (unpaired) electrons. The largest absolute Gasteiger partial charge is 0.369 e. The number of halogens is 1. The molecule has 0 aromatic heterocycles. The van der Waals surface area contributed by atoms with Crippen LogP contribution in [0.3, 0.4) is 0 Å². The summed E-state index contributed by atoms with van der Waals surface area (Å²) >= 11 is 3.53. The van der Waals surface area contributed by atoms with E-state index in [2.05, 4.69) is 69.4 Å². The molecule has 1 aromatic rings. The van der Waals surface area contributed by atoms with Crippen molar-refractivity contribution >= 4 is 21.6 Å². The lowest BCUT2D eigenvalue weighted by Crippen LogP contribution is -2.54.